The van der Waals surface area contributed by atoms with Gasteiger partial charge in [-0.1, -0.05) is 13.0 Å². The lowest BCUT2D eigenvalue weighted by Gasteiger charge is -2.11. The van der Waals surface area contributed by atoms with Crippen LogP contribution in [0.4, 0.5) is 5.69 Å². The van der Waals surface area contributed by atoms with Gasteiger partial charge in [0.1, 0.15) is 11.4 Å². The van der Waals surface area contributed by atoms with Crippen LogP contribution in [0.25, 0.3) is 0 Å². The minimum Gasteiger partial charge on any atom is -0.494 e. The van der Waals surface area contributed by atoms with Crippen LogP contribution in [0, 0.1) is 12.8 Å². The first kappa shape index (κ1) is 12.0. The number of ether oxygens (including phenoxy) is 1. The topological polar surface area (TPSA) is 24.8 Å². The average molecular weight is 232 g/mol. The summed E-state index contributed by atoms with van der Waals surface area (Å²) in [6.45, 7) is 6.55. The molecule has 0 amide bonds. The van der Waals surface area contributed by atoms with E-state index < -0.39 is 0 Å². The maximum Gasteiger partial charge on any atom is 0.144 e. The van der Waals surface area contributed by atoms with Crippen LogP contribution in [0.3, 0.4) is 0 Å². The Morgan fingerprint density at radius 2 is 2.29 bits per heavy atom. The van der Waals surface area contributed by atoms with Gasteiger partial charge in [-0.25, -0.2) is 4.99 Å². The van der Waals surface area contributed by atoms with Gasteiger partial charge in [-0.2, -0.15) is 0 Å². The Hall–Kier alpha value is -1.51. The Labute approximate surface area is 103 Å². The van der Waals surface area contributed by atoms with Crippen molar-refractivity contribution in [1.29, 1.82) is 0 Å². The number of rotatable bonds is 3. The molecule has 1 fully saturated rings. The van der Waals surface area contributed by atoms with Crippen LogP contribution >= 0.6 is 0 Å². The highest BCUT2D eigenvalue weighted by molar-refractivity contribution is 5.65. The highest BCUT2D eigenvalue weighted by Gasteiger charge is 2.15. The van der Waals surface area contributed by atoms with Gasteiger partial charge >= 0.3 is 0 Å². The minimum absolute atomic E-state index is 0.779. The third-order valence-electron chi connectivity index (χ3n) is 3.15. The van der Waals surface area contributed by atoms with E-state index in [9.17, 15) is 0 Å². The molecule has 92 valence electrons. The molecule has 0 aliphatic carbocycles. The molecule has 0 aromatic heterocycles. The van der Waals surface area contributed by atoms with Crippen molar-refractivity contribution < 1.29 is 4.74 Å². The van der Waals surface area contributed by atoms with Crippen molar-refractivity contribution in [3.8, 4) is 5.75 Å². The quantitative estimate of drug-likeness (QED) is 0.591. The summed E-state index contributed by atoms with van der Waals surface area (Å²) in [4.78, 5) is 6.78. The molecule has 1 unspecified atom stereocenters. The first-order chi connectivity index (χ1) is 8.19. The normalized spacial score (nSPS) is 20.2. The summed E-state index contributed by atoms with van der Waals surface area (Å²) in [5, 5.41) is 0. The van der Waals surface area contributed by atoms with E-state index in [2.05, 4.69) is 29.8 Å². The highest BCUT2D eigenvalue weighted by atomic mass is 16.5. The number of hydrogen-bond acceptors (Lipinski definition) is 2. The number of hydrogen-bond donors (Lipinski definition) is 0. The number of nitrogens with zero attached hydrogens (tertiary/aromatic N) is 2. The van der Waals surface area contributed by atoms with E-state index in [4.69, 9.17) is 4.74 Å². The number of aryl methyl sites for hydroxylation is 1. The van der Waals surface area contributed by atoms with Crippen LogP contribution < -0.4 is 4.74 Å². The van der Waals surface area contributed by atoms with Crippen LogP contribution in [0.2, 0.25) is 0 Å². The molecule has 1 aromatic rings. The van der Waals surface area contributed by atoms with E-state index in [0.29, 0.717) is 0 Å². The van der Waals surface area contributed by atoms with Crippen LogP contribution in [0.5, 0.6) is 5.75 Å². The van der Waals surface area contributed by atoms with E-state index in [-0.39, 0.29) is 0 Å². The molecule has 0 spiro atoms. The van der Waals surface area contributed by atoms with Gasteiger partial charge < -0.3 is 9.64 Å². The SMILES string of the molecule is COc1cc(C)ccc1N=CN1CCC(C)C1. The van der Waals surface area contributed by atoms with Crippen LogP contribution in [0.15, 0.2) is 23.2 Å². The average Bonchev–Trinajstić information content (AvgIpc) is 2.73. The molecular formula is C14H20N2O. The second-order valence-electron chi connectivity index (χ2n) is 4.81. The van der Waals surface area contributed by atoms with E-state index in [1.807, 2.05) is 18.5 Å². The summed E-state index contributed by atoms with van der Waals surface area (Å²) in [7, 11) is 1.69. The van der Waals surface area contributed by atoms with Crippen molar-refractivity contribution in [1.82, 2.24) is 4.90 Å². The molecule has 1 heterocycles. The van der Waals surface area contributed by atoms with Crippen LogP contribution in [-0.2, 0) is 0 Å². The van der Waals surface area contributed by atoms with E-state index in [0.717, 1.165) is 30.4 Å². The third-order valence-corrected chi connectivity index (χ3v) is 3.15. The van der Waals surface area contributed by atoms with Crippen molar-refractivity contribution in [3.63, 3.8) is 0 Å². The predicted molar refractivity (Wildman–Crippen MR) is 71.2 cm³/mol. The van der Waals surface area contributed by atoms with Crippen LogP contribution in [-0.4, -0.2) is 31.4 Å². The monoisotopic (exact) mass is 232 g/mol. The molecule has 0 N–H and O–H groups in total. The zero-order valence-electron chi connectivity index (χ0n) is 10.8. The lowest BCUT2D eigenvalue weighted by molar-refractivity contribution is 0.415. The fourth-order valence-corrected chi connectivity index (χ4v) is 2.11. The van der Waals surface area contributed by atoms with Gasteiger partial charge in [-0.05, 0) is 37.0 Å². The molecule has 17 heavy (non-hydrogen) atoms. The fraction of sp³-hybridized carbons (Fsp3) is 0.500. The Morgan fingerprint density at radius 1 is 1.47 bits per heavy atom. The van der Waals surface area contributed by atoms with E-state index in [1.165, 1.54) is 12.0 Å². The first-order valence-electron chi connectivity index (χ1n) is 6.12. The van der Waals surface area contributed by atoms with Gasteiger partial charge in [0, 0.05) is 13.1 Å². The van der Waals surface area contributed by atoms with Gasteiger partial charge in [-0.15, -0.1) is 0 Å². The van der Waals surface area contributed by atoms with Crippen molar-refractivity contribution in [2.75, 3.05) is 20.2 Å². The van der Waals surface area contributed by atoms with Gasteiger partial charge in [0.2, 0.25) is 0 Å². The maximum atomic E-state index is 5.33. The van der Waals surface area contributed by atoms with Crippen molar-refractivity contribution >= 4 is 12.0 Å². The first-order valence-corrected chi connectivity index (χ1v) is 6.12. The van der Waals surface area contributed by atoms with Gasteiger partial charge in [0.05, 0.1) is 13.4 Å². The number of aliphatic imine (C=N–C) groups is 1. The van der Waals surface area contributed by atoms with Gasteiger partial charge in [-0.3, -0.25) is 0 Å². The molecule has 1 aliphatic rings. The smallest absolute Gasteiger partial charge is 0.144 e. The second kappa shape index (κ2) is 5.21. The molecule has 0 bridgehead atoms. The zero-order chi connectivity index (χ0) is 12.3. The maximum absolute atomic E-state index is 5.33. The van der Waals surface area contributed by atoms with Crippen molar-refractivity contribution in [3.05, 3.63) is 23.8 Å². The van der Waals surface area contributed by atoms with E-state index in [1.54, 1.807) is 7.11 Å². The highest BCUT2D eigenvalue weighted by Crippen LogP contribution is 2.28. The molecule has 1 aromatic carbocycles. The number of methoxy groups -OCH3 is 1. The largest absolute Gasteiger partial charge is 0.494 e. The second-order valence-corrected chi connectivity index (χ2v) is 4.81. The Kier molecular flexibility index (Phi) is 3.67. The standard InChI is InChI=1S/C14H20N2O/c1-11-4-5-13(14(8-11)17-3)15-10-16-7-6-12(2)9-16/h4-5,8,10,12H,6-7,9H2,1-3H3. The lowest BCUT2D eigenvalue weighted by atomic mass is 10.2. The minimum atomic E-state index is 0.779. The molecule has 1 aliphatic heterocycles. The molecular weight excluding hydrogens is 212 g/mol. The molecule has 1 atom stereocenters. The summed E-state index contributed by atoms with van der Waals surface area (Å²) in [5.41, 5.74) is 2.09. The van der Waals surface area contributed by atoms with Gasteiger partial charge in [0.25, 0.3) is 0 Å². The summed E-state index contributed by atoms with van der Waals surface area (Å²) in [6.07, 6.45) is 3.20. The molecule has 0 saturated carbocycles. The molecule has 0 radical (unpaired) electrons. The Balaban J connectivity index is 2.10. The zero-order valence-corrected chi connectivity index (χ0v) is 10.8. The predicted octanol–water partition coefficient (Wildman–Crippen LogP) is 3.01. The molecule has 3 nitrogen and oxygen atoms in total. The Morgan fingerprint density at radius 3 is 2.94 bits per heavy atom. The number of benzene rings is 1. The fourth-order valence-electron chi connectivity index (χ4n) is 2.11. The van der Waals surface area contributed by atoms with Crippen LogP contribution in [0.1, 0.15) is 18.9 Å². The van der Waals surface area contributed by atoms with Crippen molar-refractivity contribution in [2.24, 2.45) is 10.9 Å². The summed E-state index contributed by atoms with van der Waals surface area (Å²) in [6, 6.07) is 6.07. The summed E-state index contributed by atoms with van der Waals surface area (Å²) >= 11 is 0. The van der Waals surface area contributed by atoms with Crippen molar-refractivity contribution in [2.45, 2.75) is 20.3 Å². The van der Waals surface area contributed by atoms with E-state index >= 15 is 0 Å². The molecule has 2 rings (SSSR count). The Bertz CT molecular complexity index is 415. The van der Waals surface area contributed by atoms with Gasteiger partial charge in [0.15, 0.2) is 0 Å². The lowest BCUT2D eigenvalue weighted by Crippen LogP contribution is -2.17. The number of likely N-dealkylation sites (tertiary alicyclic amines) is 1. The summed E-state index contributed by atoms with van der Waals surface area (Å²) < 4.78 is 5.33. The molecule has 1 saturated heterocycles. The molecule has 3 heteroatoms. The summed E-state index contributed by atoms with van der Waals surface area (Å²) in [5.74, 6) is 1.62. The third kappa shape index (κ3) is 2.99.